The van der Waals surface area contributed by atoms with Gasteiger partial charge in [0.25, 0.3) is 0 Å². The van der Waals surface area contributed by atoms with Crippen molar-refractivity contribution in [2.75, 3.05) is 0 Å². The van der Waals surface area contributed by atoms with E-state index in [-0.39, 0.29) is 5.78 Å². The van der Waals surface area contributed by atoms with Crippen LogP contribution in [0.1, 0.15) is 27.2 Å². The van der Waals surface area contributed by atoms with E-state index in [2.05, 4.69) is 4.98 Å². The minimum absolute atomic E-state index is 0.117. The number of pyridine rings is 1. The summed E-state index contributed by atoms with van der Waals surface area (Å²) >= 11 is 0. The van der Waals surface area contributed by atoms with Crippen LogP contribution in [0.5, 0.6) is 0 Å². The summed E-state index contributed by atoms with van der Waals surface area (Å²) < 4.78 is 0. The molecule has 2 aromatic rings. The molecule has 0 saturated heterocycles. The molecule has 0 aliphatic rings. The second-order valence-electron chi connectivity index (χ2n) is 4.22. The molecule has 0 fully saturated rings. The molecule has 1 aromatic heterocycles. The van der Waals surface area contributed by atoms with E-state index < -0.39 is 0 Å². The van der Waals surface area contributed by atoms with Crippen molar-refractivity contribution in [3.63, 3.8) is 0 Å². The fraction of sp³-hybridized carbons (Fsp3) is 0.200. The van der Waals surface area contributed by atoms with Crippen LogP contribution in [-0.4, -0.2) is 10.8 Å². The molecule has 17 heavy (non-hydrogen) atoms. The number of hydrogen-bond acceptors (Lipinski definition) is 2. The van der Waals surface area contributed by atoms with E-state index >= 15 is 0 Å². The lowest BCUT2D eigenvalue weighted by Gasteiger charge is -2.04. The third kappa shape index (κ3) is 2.78. The minimum atomic E-state index is 0.117. The van der Waals surface area contributed by atoms with Crippen molar-refractivity contribution < 1.29 is 4.79 Å². The normalized spacial score (nSPS) is 10.2. The molecule has 2 rings (SSSR count). The quantitative estimate of drug-likeness (QED) is 0.751. The van der Waals surface area contributed by atoms with Gasteiger partial charge in [-0.1, -0.05) is 18.2 Å². The van der Waals surface area contributed by atoms with Gasteiger partial charge in [0.15, 0.2) is 5.78 Å². The van der Waals surface area contributed by atoms with E-state index in [0.29, 0.717) is 6.42 Å². The number of aryl methyl sites for hydroxylation is 2. The first-order chi connectivity index (χ1) is 8.16. The minimum Gasteiger partial charge on any atom is -0.294 e. The Bertz CT molecular complexity index is 532. The van der Waals surface area contributed by atoms with Crippen LogP contribution in [0.4, 0.5) is 0 Å². The zero-order chi connectivity index (χ0) is 12.3. The lowest BCUT2D eigenvalue weighted by molar-refractivity contribution is 0.0992. The fourth-order valence-corrected chi connectivity index (χ4v) is 1.68. The standard InChI is InChI=1S/C15H15NO/c1-11-6-7-13(9-12(11)2)15(17)10-14-5-3-4-8-16-14/h3-9H,10H2,1-2H3. The second kappa shape index (κ2) is 4.91. The van der Waals surface area contributed by atoms with Crippen LogP contribution in [0.25, 0.3) is 0 Å². The van der Waals surface area contributed by atoms with Crippen LogP contribution in [0, 0.1) is 13.8 Å². The van der Waals surface area contributed by atoms with Gasteiger partial charge in [-0.15, -0.1) is 0 Å². The summed E-state index contributed by atoms with van der Waals surface area (Å²) in [6.07, 6.45) is 2.08. The maximum absolute atomic E-state index is 12.0. The third-order valence-corrected chi connectivity index (χ3v) is 2.90. The van der Waals surface area contributed by atoms with Gasteiger partial charge in [-0.2, -0.15) is 0 Å². The Kier molecular flexibility index (Phi) is 3.33. The number of aromatic nitrogens is 1. The van der Waals surface area contributed by atoms with Crippen LogP contribution in [0.2, 0.25) is 0 Å². The zero-order valence-electron chi connectivity index (χ0n) is 10.1. The lowest BCUT2D eigenvalue weighted by atomic mass is 10.0. The number of hydrogen-bond donors (Lipinski definition) is 0. The molecule has 86 valence electrons. The van der Waals surface area contributed by atoms with Crippen molar-refractivity contribution in [3.05, 3.63) is 65.0 Å². The summed E-state index contributed by atoms with van der Waals surface area (Å²) in [6, 6.07) is 11.4. The van der Waals surface area contributed by atoms with Crippen LogP contribution in [0.15, 0.2) is 42.6 Å². The first-order valence-electron chi connectivity index (χ1n) is 5.67. The van der Waals surface area contributed by atoms with Gasteiger partial charge >= 0.3 is 0 Å². The van der Waals surface area contributed by atoms with E-state index in [1.54, 1.807) is 6.20 Å². The molecule has 2 heteroatoms. The SMILES string of the molecule is Cc1ccc(C(=O)Cc2ccccn2)cc1C. The predicted octanol–water partition coefficient (Wildman–Crippen LogP) is 3.12. The average Bonchev–Trinajstić information content (AvgIpc) is 2.34. The number of carbonyl (C=O) groups excluding carboxylic acids is 1. The topological polar surface area (TPSA) is 30.0 Å². The maximum Gasteiger partial charge on any atom is 0.168 e. The molecular weight excluding hydrogens is 210 g/mol. The molecule has 0 unspecified atom stereocenters. The van der Waals surface area contributed by atoms with Crippen molar-refractivity contribution >= 4 is 5.78 Å². The first kappa shape index (κ1) is 11.5. The summed E-state index contributed by atoms with van der Waals surface area (Å²) in [5.74, 6) is 0.117. The molecule has 0 N–H and O–H groups in total. The van der Waals surface area contributed by atoms with Crippen molar-refractivity contribution in [2.45, 2.75) is 20.3 Å². The van der Waals surface area contributed by atoms with Crippen molar-refractivity contribution in [3.8, 4) is 0 Å². The highest BCUT2D eigenvalue weighted by atomic mass is 16.1. The molecule has 0 spiro atoms. The van der Waals surface area contributed by atoms with Crippen LogP contribution in [0.3, 0.4) is 0 Å². The number of benzene rings is 1. The number of carbonyl (C=O) groups is 1. The summed E-state index contributed by atoms with van der Waals surface area (Å²) in [5.41, 5.74) is 3.94. The van der Waals surface area contributed by atoms with Crippen LogP contribution < -0.4 is 0 Å². The van der Waals surface area contributed by atoms with Gasteiger partial charge in [0.05, 0.1) is 6.42 Å². The Labute approximate surface area is 101 Å². The largest absolute Gasteiger partial charge is 0.294 e. The third-order valence-electron chi connectivity index (χ3n) is 2.90. The van der Waals surface area contributed by atoms with Gasteiger partial charge in [0.1, 0.15) is 0 Å². The molecule has 0 aliphatic heterocycles. The lowest BCUT2D eigenvalue weighted by Crippen LogP contribution is -2.05. The Morgan fingerprint density at radius 3 is 2.59 bits per heavy atom. The smallest absolute Gasteiger partial charge is 0.168 e. The number of nitrogens with zero attached hydrogens (tertiary/aromatic N) is 1. The molecule has 0 bridgehead atoms. The van der Waals surface area contributed by atoms with Gasteiger partial charge in [-0.25, -0.2) is 0 Å². The Hall–Kier alpha value is -1.96. The van der Waals surface area contributed by atoms with Crippen molar-refractivity contribution in [1.29, 1.82) is 0 Å². The van der Waals surface area contributed by atoms with Gasteiger partial charge in [-0.05, 0) is 43.2 Å². The van der Waals surface area contributed by atoms with E-state index in [4.69, 9.17) is 0 Å². The molecule has 0 amide bonds. The molecule has 0 atom stereocenters. The van der Waals surface area contributed by atoms with E-state index in [9.17, 15) is 4.79 Å². The van der Waals surface area contributed by atoms with Gasteiger partial charge < -0.3 is 0 Å². The predicted molar refractivity (Wildman–Crippen MR) is 68.2 cm³/mol. The molecule has 1 aromatic carbocycles. The molecule has 1 heterocycles. The van der Waals surface area contributed by atoms with Gasteiger partial charge in [0, 0.05) is 17.5 Å². The molecule has 0 radical (unpaired) electrons. The Morgan fingerprint density at radius 1 is 1.12 bits per heavy atom. The molecule has 0 aliphatic carbocycles. The van der Waals surface area contributed by atoms with Gasteiger partial charge in [0.2, 0.25) is 0 Å². The van der Waals surface area contributed by atoms with Crippen molar-refractivity contribution in [1.82, 2.24) is 4.98 Å². The highest BCUT2D eigenvalue weighted by molar-refractivity contribution is 5.97. The summed E-state index contributed by atoms with van der Waals surface area (Å²) in [7, 11) is 0. The summed E-state index contributed by atoms with van der Waals surface area (Å²) in [6.45, 7) is 4.06. The first-order valence-corrected chi connectivity index (χ1v) is 5.67. The zero-order valence-corrected chi connectivity index (χ0v) is 10.1. The monoisotopic (exact) mass is 225 g/mol. The van der Waals surface area contributed by atoms with E-state index in [0.717, 1.165) is 16.8 Å². The second-order valence-corrected chi connectivity index (χ2v) is 4.22. The summed E-state index contributed by atoms with van der Waals surface area (Å²) in [4.78, 5) is 16.2. The summed E-state index contributed by atoms with van der Waals surface area (Å²) in [5, 5.41) is 0. The molecule has 2 nitrogen and oxygen atoms in total. The Balaban J connectivity index is 2.18. The van der Waals surface area contributed by atoms with Crippen LogP contribution in [-0.2, 0) is 6.42 Å². The Morgan fingerprint density at radius 2 is 1.94 bits per heavy atom. The molecule has 0 saturated carbocycles. The maximum atomic E-state index is 12.0. The highest BCUT2D eigenvalue weighted by Gasteiger charge is 2.08. The van der Waals surface area contributed by atoms with Crippen molar-refractivity contribution in [2.24, 2.45) is 0 Å². The van der Waals surface area contributed by atoms with Gasteiger partial charge in [-0.3, -0.25) is 9.78 Å². The average molecular weight is 225 g/mol. The number of rotatable bonds is 3. The molecular formula is C15H15NO. The van der Waals surface area contributed by atoms with E-state index in [1.165, 1.54) is 5.56 Å². The number of Topliss-reactive ketones (excluding diaryl/α,β-unsaturated/α-hetero) is 1. The number of ketones is 1. The fourth-order valence-electron chi connectivity index (χ4n) is 1.68. The highest BCUT2D eigenvalue weighted by Crippen LogP contribution is 2.12. The van der Waals surface area contributed by atoms with Crippen LogP contribution >= 0.6 is 0 Å². The van der Waals surface area contributed by atoms with E-state index in [1.807, 2.05) is 50.2 Å².